The molecule has 1 aromatic carbocycles. The minimum absolute atomic E-state index is 0. The predicted octanol–water partition coefficient (Wildman–Crippen LogP) is 2.05. The van der Waals surface area contributed by atoms with Gasteiger partial charge >= 0.3 is 0 Å². The van der Waals surface area contributed by atoms with Crippen LogP contribution >= 0.6 is 24.0 Å². The van der Waals surface area contributed by atoms with Crippen molar-refractivity contribution in [3.8, 4) is 11.5 Å². The molecule has 0 radical (unpaired) electrons. The van der Waals surface area contributed by atoms with Crippen molar-refractivity contribution < 1.29 is 17.9 Å². The molecule has 1 rings (SSSR count). The van der Waals surface area contributed by atoms with Crippen LogP contribution in [-0.4, -0.2) is 65.3 Å². The quantitative estimate of drug-likeness (QED) is 0.198. The van der Waals surface area contributed by atoms with Gasteiger partial charge in [-0.05, 0) is 25.5 Å². The number of halogens is 1. The molecule has 0 aromatic heterocycles. The van der Waals surface area contributed by atoms with E-state index in [4.69, 9.17) is 9.47 Å². The molecular formula is C18H33IN4O4S. The van der Waals surface area contributed by atoms with Crippen LogP contribution in [0.4, 0.5) is 0 Å². The van der Waals surface area contributed by atoms with Crippen LogP contribution in [-0.2, 0) is 16.6 Å². The molecule has 10 heteroatoms. The van der Waals surface area contributed by atoms with E-state index in [-0.39, 0.29) is 24.0 Å². The number of rotatable bonds is 11. The molecule has 0 aliphatic heterocycles. The number of guanidine groups is 1. The molecule has 0 unspecified atom stereocenters. The lowest BCUT2D eigenvalue weighted by molar-refractivity contribution is 0.391. The van der Waals surface area contributed by atoms with Crippen LogP contribution in [0.5, 0.6) is 11.5 Å². The maximum Gasteiger partial charge on any atom is 0.211 e. The summed E-state index contributed by atoms with van der Waals surface area (Å²) in [6, 6.07) is 5.63. The zero-order valence-electron chi connectivity index (χ0n) is 17.3. The fraction of sp³-hybridized carbons (Fsp3) is 0.611. The van der Waals surface area contributed by atoms with Gasteiger partial charge in [0.1, 0.15) is 11.5 Å². The monoisotopic (exact) mass is 528 g/mol. The van der Waals surface area contributed by atoms with E-state index >= 15 is 0 Å². The van der Waals surface area contributed by atoms with Crippen LogP contribution in [0.15, 0.2) is 23.2 Å². The van der Waals surface area contributed by atoms with Gasteiger partial charge in [0.2, 0.25) is 10.0 Å². The topological polar surface area (TPSA) is 92.3 Å². The summed E-state index contributed by atoms with van der Waals surface area (Å²) in [6.45, 7) is 6.59. The molecule has 2 N–H and O–H groups in total. The molecule has 0 spiro atoms. The predicted molar refractivity (Wildman–Crippen MR) is 124 cm³/mol. The number of aliphatic imine (C=N–C) groups is 1. The second kappa shape index (κ2) is 13.8. The molecule has 0 fully saturated rings. The molecular weight excluding hydrogens is 495 g/mol. The van der Waals surface area contributed by atoms with Crippen molar-refractivity contribution >= 4 is 40.0 Å². The van der Waals surface area contributed by atoms with Gasteiger partial charge in [0.25, 0.3) is 0 Å². The van der Waals surface area contributed by atoms with Gasteiger partial charge in [-0.1, -0.05) is 6.92 Å². The van der Waals surface area contributed by atoms with Gasteiger partial charge < -0.3 is 20.1 Å². The van der Waals surface area contributed by atoms with E-state index in [2.05, 4.69) is 15.6 Å². The van der Waals surface area contributed by atoms with Gasteiger partial charge in [0.05, 0.1) is 27.0 Å². The largest absolute Gasteiger partial charge is 0.497 e. The first-order valence-electron chi connectivity index (χ1n) is 9.03. The van der Waals surface area contributed by atoms with E-state index in [1.165, 1.54) is 10.6 Å². The lowest BCUT2D eigenvalue weighted by Gasteiger charge is -2.18. The Balaban J connectivity index is 0.00000729. The van der Waals surface area contributed by atoms with E-state index in [1.54, 1.807) is 14.2 Å². The summed E-state index contributed by atoms with van der Waals surface area (Å²) in [5, 5.41) is 6.42. The Labute approximate surface area is 186 Å². The molecule has 1 aromatic rings. The number of ether oxygens (including phenoxy) is 2. The Bertz CT molecular complexity index is 714. The van der Waals surface area contributed by atoms with Crippen molar-refractivity contribution in [2.24, 2.45) is 4.99 Å². The average Bonchev–Trinajstić information content (AvgIpc) is 2.64. The molecule has 162 valence electrons. The van der Waals surface area contributed by atoms with Crippen molar-refractivity contribution in [3.63, 3.8) is 0 Å². The zero-order valence-corrected chi connectivity index (χ0v) is 20.5. The van der Waals surface area contributed by atoms with Crippen molar-refractivity contribution in [1.82, 2.24) is 14.9 Å². The second-order valence-electron chi connectivity index (χ2n) is 5.91. The molecule has 28 heavy (non-hydrogen) atoms. The van der Waals surface area contributed by atoms with E-state index in [9.17, 15) is 8.42 Å². The van der Waals surface area contributed by atoms with Gasteiger partial charge in [-0.3, -0.25) is 0 Å². The van der Waals surface area contributed by atoms with Crippen LogP contribution in [0.3, 0.4) is 0 Å². The van der Waals surface area contributed by atoms with Crippen molar-refractivity contribution in [2.45, 2.75) is 26.8 Å². The number of benzene rings is 1. The van der Waals surface area contributed by atoms with Gasteiger partial charge in [-0.25, -0.2) is 17.7 Å². The van der Waals surface area contributed by atoms with Gasteiger partial charge in [-0.2, -0.15) is 0 Å². The van der Waals surface area contributed by atoms with E-state index in [0.29, 0.717) is 38.6 Å². The molecule has 0 aliphatic carbocycles. The molecule has 8 nitrogen and oxygen atoms in total. The fourth-order valence-corrected chi connectivity index (χ4v) is 3.44. The number of hydrogen-bond acceptors (Lipinski definition) is 5. The van der Waals surface area contributed by atoms with Crippen molar-refractivity contribution in [1.29, 1.82) is 0 Å². The molecule has 0 saturated heterocycles. The lowest BCUT2D eigenvalue weighted by Crippen LogP contribution is -2.39. The highest BCUT2D eigenvalue weighted by molar-refractivity contribution is 14.0. The maximum absolute atomic E-state index is 11.6. The molecule has 0 bridgehead atoms. The first-order valence-corrected chi connectivity index (χ1v) is 10.9. The number of sulfonamides is 1. The summed E-state index contributed by atoms with van der Waals surface area (Å²) in [5.41, 5.74) is 0.949. The van der Waals surface area contributed by atoms with E-state index < -0.39 is 10.0 Å². The molecule has 0 heterocycles. The van der Waals surface area contributed by atoms with Crippen LogP contribution < -0.4 is 20.1 Å². The summed E-state index contributed by atoms with van der Waals surface area (Å²) in [6.07, 6.45) is 1.93. The molecule has 0 atom stereocenters. The Morgan fingerprint density at radius 1 is 1.18 bits per heavy atom. The standard InChI is InChI=1S/C18H32N4O4S.HI/c1-6-19-18(20-11-8-12-22(7-2)27(5,23)24)21-14-15-9-10-16(25-3)13-17(15)26-4;/h9-10,13H,6-8,11-12,14H2,1-5H3,(H2,19,20,21);1H. The minimum Gasteiger partial charge on any atom is -0.497 e. The fourth-order valence-electron chi connectivity index (χ4n) is 2.51. The van der Waals surface area contributed by atoms with Crippen molar-refractivity contribution in [2.75, 3.05) is 46.7 Å². The van der Waals surface area contributed by atoms with Crippen LogP contribution in [0.25, 0.3) is 0 Å². The van der Waals surface area contributed by atoms with Crippen LogP contribution in [0.1, 0.15) is 25.8 Å². The van der Waals surface area contributed by atoms with Crippen molar-refractivity contribution in [3.05, 3.63) is 23.8 Å². The Morgan fingerprint density at radius 2 is 1.89 bits per heavy atom. The smallest absolute Gasteiger partial charge is 0.211 e. The highest BCUT2D eigenvalue weighted by atomic mass is 127. The van der Waals surface area contributed by atoms with E-state index in [1.807, 2.05) is 32.0 Å². The lowest BCUT2D eigenvalue weighted by atomic mass is 10.2. The number of hydrogen-bond donors (Lipinski definition) is 2. The summed E-state index contributed by atoms with van der Waals surface area (Å²) in [5.74, 6) is 2.13. The van der Waals surface area contributed by atoms with Crippen LogP contribution in [0.2, 0.25) is 0 Å². The highest BCUT2D eigenvalue weighted by Crippen LogP contribution is 2.25. The van der Waals surface area contributed by atoms with Gasteiger partial charge in [0.15, 0.2) is 5.96 Å². The summed E-state index contributed by atoms with van der Waals surface area (Å²) in [7, 11) is 0.0820. The highest BCUT2D eigenvalue weighted by Gasteiger charge is 2.13. The van der Waals surface area contributed by atoms with Gasteiger partial charge in [-0.15, -0.1) is 24.0 Å². The Hall–Kier alpha value is -1.27. The normalized spacial score (nSPS) is 11.7. The minimum atomic E-state index is -3.15. The second-order valence-corrected chi connectivity index (χ2v) is 7.89. The zero-order chi connectivity index (χ0) is 20.3. The van der Waals surface area contributed by atoms with Gasteiger partial charge in [0, 0.05) is 37.8 Å². The average molecular weight is 528 g/mol. The summed E-state index contributed by atoms with van der Waals surface area (Å²) in [4.78, 5) is 4.58. The third kappa shape index (κ3) is 9.28. The maximum atomic E-state index is 11.6. The van der Waals surface area contributed by atoms with Crippen LogP contribution in [0, 0.1) is 0 Å². The number of nitrogens with one attached hydrogen (secondary N) is 2. The third-order valence-corrected chi connectivity index (χ3v) is 5.32. The first-order chi connectivity index (χ1) is 12.8. The molecule has 0 aliphatic rings. The Kier molecular flexibility index (Phi) is 13.2. The molecule has 0 saturated carbocycles. The Morgan fingerprint density at radius 3 is 2.43 bits per heavy atom. The summed E-state index contributed by atoms with van der Waals surface area (Å²) >= 11 is 0. The number of nitrogens with zero attached hydrogens (tertiary/aromatic N) is 2. The number of methoxy groups -OCH3 is 2. The summed E-state index contributed by atoms with van der Waals surface area (Å²) < 4.78 is 35.3. The van der Waals surface area contributed by atoms with E-state index in [0.717, 1.165) is 23.6 Å². The first kappa shape index (κ1) is 26.7. The molecule has 0 amide bonds. The SMILES string of the molecule is CCNC(=NCc1ccc(OC)cc1OC)NCCCN(CC)S(C)(=O)=O.I. The third-order valence-electron chi connectivity index (χ3n) is 3.94.